The number of nitrogens with zero attached hydrogens (tertiary/aromatic N) is 14. The van der Waals surface area contributed by atoms with Gasteiger partial charge in [-0.15, -0.1) is 45.3 Å². The minimum absolute atomic E-state index is 0.649. The molecule has 12 aromatic carbocycles. The summed E-state index contributed by atoms with van der Waals surface area (Å²) in [7, 11) is 0. The van der Waals surface area contributed by atoms with Crippen molar-refractivity contribution in [3.8, 4) is 0 Å². The molecule has 0 spiro atoms. The summed E-state index contributed by atoms with van der Waals surface area (Å²) in [5.74, 6) is 0. The van der Waals surface area contributed by atoms with Crippen molar-refractivity contribution in [3.63, 3.8) is 0 Å². The molecule has 0 aliphatic carbocycles. The van der Waals surface area contributed by atoms with Crippen molar-refractivity contribution >= 4 is 247 Å². The second-order valence-corrected chi connectivity index (χ2v) is 30.0. The molecule has 14 heterocycles. The molecule has 26 rings (SSSR count). The van der Waals surface area contributed by atoms with E-state index in [2.05, 4.69) is 228 Å². The molecule has 14 aromatic heterocycles. The number of hydrogen-bond donors (Lipinski definition) is 0. The number of para-hydroxylation sites is 1. The van der Waals surface area contributed by atoms with Crippen molar-refractivity contribution in [2.75, 3.05) is 0 Å². The first-order chi connectivity index (χ1) is 55.0. The second-order valence-electron chi connectivity index (χ2n) is 25.7. The van der Waals surface area contributed by atoms with Crippen LogP contribution in [0.3, 0.4) is 0 Å². The molecule has 0 saturated carbocycles. The maximum atomic E-state index is 5.74. The van der Waals surface area contributed by atoms with Crippen LogP contribution in [0.5, 0.6) is 0 Å². The zero-order chi connectivity index (χ0) is 73.6. The van der Waals surface area contributed by atoms with E-state index in [-0.39, 0.29) is 0 Å². The fourth-order valence-corrected chi connectivity index (χ4v) is 18.4. The number of thiophene rings is 4. The van der Waals surface area contributed by atoms with E-state index in [9.17, 15) is 0 Å². The van der Waals surface area contributed by atoms with Gasteiger partial charge in [-0.3, -0.25) is 0 Å². The summed E-state index contributed by atoms with van der Waals surface area (Å²) in [5, 5.41) is 22.7. The fourth-order valence-electron chi connectivity index (χ4n) is 14.1. The molecule has 0 aliphatic rings. The van der Waals surface area contributed by atoms with Crippen LogP contribution >= 0.6 is 45.3 Å². The molecule has 0 N–H and O–H groups in total. The Morgan fingerprint density at radius 3 is 1.41 bits per heavy atom. The Morgan fingerprint density at radius 1 is 0.207 bits per heavy atom. The molecule has 26 aromatic rings. The lowest BCUT2D eigenvalue weighted by Gasteiger charge is -1.98. The maximum Gasteiger partial charge on any atom is 0.230 e. The highest BCUT2D eigenvalue weighted by molar-refractivity contribution is 7.27. The topological polar surface area (TPSA) is 220 Å². The van der Waals surface area contributed by atoms with Crippen LogP contribution in [0.4, 0.5) is 0 Å². The molecule has 111 heavy (non-hydrogen) atoms. The first-order valence-corrected chi connectivity index (χ1v) is 38.5. The Morgan fingerprint density at radius 2 is 0.685 bits per heavy atom. The third-order valence-corrected chi connectivity index (χ3v) is 23.6. The number of furan rings is 3. The SMILES string of the molecule is c1ccc2c(c1)ccc1c3ncncc3sc21.c1ccc2c(c1)ccc1oc3cncnc3c12.c1ccc2c(c1)ccc1sc3cncnc3c12.c1ccc2c(c1)oc1ncncc12.c1ccc2c(c1)sc1ncncc12.c1ccc2cc3c(cc2c1)oc1cncnc13.c1ccc2cc3c(cc2c1)sc1cncnc13. The minimum atomic E-state index is 0.649. The molecular weight excluding hydrogens is 1450 g/mol. The Balaban J connectivity index is 0.0000000848. The summed E-state index contributed by atoms with van der Waals surface area (Å²) in [6.07, 6.45) is 23.8. The van der Waals surface area contributed by atoms with Crippen LogP contribution in [0.2, 0.25) is 0 Å². The predicted octanol–water partition coefficient (Wildman–Crippen LogP) is 24.3. The molecule has 21 heteroatoms. The average Bonchev–Trinajstić information content (AvgIpc) is 1.67. The van der Waals surface area contributed by atoms with Gasteiger partial charge in [-0.05, 0) is 102 Å². The smallest absolute Gasteiger partial charge is 0.230 e. The lowest BCUT2D eigenvalue weighted by molar-refractivity contribution is 0.652. The Labute approximate surface area is 643 Å². The number of fused-ring (bicyclic) bond motifs is 29. The van der Waals surface area contributed by atoms with Crippen molar-refractivity contribution in [2.24, 2.45) is 0 Å². The molecule has 0 saturated heterocycles. The van der Waals surface area contributed by atoms with E-state index >= 15 is 0 Å². The van der Waals surface area contributed by atoms with Crippen LogP contribution in [0.25, 0.3) is 201 Å². The number of aromatic nitrogens is 14. The number of hydrogen-bond acceptors (Lipinski definition) is 21. The Bertz CT molecular complexity index is 7440. The fraction of sp³-hybridized carbons (Fsp3) is 0. The van der Waals surface area contributed by atoms with Gasteiger partial charge in [-0.2, -0.15) is 0 Å². The van der Waals surface area contributed by atoms with Crippen LogP contribution in [0, 0.1) is 0 Å². The van der Waals surface area contributed by atoms with Crippen molar-refractivity contribution in [1.29, 1.82) is 0 Å². The predicted molar refractivity (Wildman–Crippen MR) is 455 cm³/mol. The summed E-state index contributed by atoms with van der Waals surface area (Å²) in [5.41, 5.74) is 9.64. The van der Waals surface area contributed by atoms with Gasteiger partial charge in [0.05, 0.1) is 53.8 Å². The highest BCUT2D eigenvalue weighted by atomic mass is 32.1. The summed E-state index contributed by atoms with van der Waals surface area (Å²) >= 11 is 6.98. The number of rotatable bonds is 0. The molecule has 0 radical (unpaired) electrons. The zero-order valence-corrected chi connectivity index (χ0v) is 61.4. The molecule has 0 bridgehead atoms. The van der Waals surface area contributed by atoms with Crippen molar-refractivity contribution in [2.45, 2.75) is 0 Å². The van der Waals surface area contributed by atoms with E-state index in [0.29, 0.717) is 5.71 Å². The van der Waals surface area contributed by atoms with Gasteiger partial charge in [-0.1, -0.05) is 182 Å². The van der Waals surface area contributed by atoms with Gasteiger partial charge < -0.3 is 13.3 Å². The molecule has 0 amide bonds. The third-order valence-electron chi connectivity index (χ3n) is 19.2. The van der Waals surface area contributed by atoms with Gasteiger partial charge >= 0.3 is 0 Å². The molecule has 0 atom stereocenters. The third kappa shape index (κ3) is 12.6. The standard InChI is InChI=1S/2C14H8N2O.3C14H8N2S.C10H6N2O.C10H6N2S/c1-2-4-10-6-12-11(5-9(10)3-1)14-13(17-12)7-15-8-16-14;1-2-4-10-9(3-1)5-6-11-13(10)14-12(17-11)7-15-8-16-14;1-2-4-10-6-12-11(5-9(10)3-1)14-13(17-12)7-15-8-16-14;1-2-4-10-9(3-1)5-6-11-13-12(17-14(10)11)7-15-8-16-13;1-2-4-10-9(3-1)5-6-11-13(10)14-12(17-11)7-15-8-16-14;2*1-2-4-9-7(3-1)8-5-11-6-12-10(8)13-9/h5*1-8H;2*1-6H. The van der Waals surface area contributed by atoms with Gasteiger partial charge in [0.2, 0.25) is 5.71 Å². The van der Waals surface area contributed by atoms with E-state index in [1.165, 1.54) is 101 Å². The largest absolute Gasteiger partial charge is 0.453 e. The van der Waals surface area contributed by atoms with E-state index in [1.807, 2.05) is 97.6 Å². The zero-order valence-electron chi connectivity index (χ0n) is 58.1. The lowest BCUT2D eigenvalue weighted by Crippen LogP contribution is -1.77. The van der Waals surface area contributed by atoms with Crippen molar-refractivity contribution < 1.29 is 13.3 Å². The first-order valence-electron chi connectivity index (χ1n) is 35.2. The minimum Gasteiger partial charge on any atom is -0.453 e. The van der Waals surface area contributed by atoms with Crippen LogP contribution in [-0.2, 0) is 0 Å². The van der Waals surface area contributed by atoms with Crippen molar-refractivity contribution in [1.82, 2.24) is 69.8 Å². The van der Waals surface area contributed by atoms with E-state index in [0.717, 1.165) is 101 Å². The summed E-state index contributed by atoms with van der Waals surface area (Å²) in [6.45, 7) is 0. The second kappa shape index (κ2) is 28.8. The summed E-state index contributed by atoms with van der Waals surface area (Å²) < 4.78 is 25.6. The molecule has 0 unspecified atom stereocenters. The van der Waals surface area contributed by atoms with E-state index < -0.39 is 0 Å². The maximum absolute atomic E-state index is 5.74. The summed E-state index contributed by atoms with van der Waals surface area (Å²) in [4.78, 5) is 59.3. The highest BCUT2D eigenvalue weighted by Crippen LogP contribution is 2.41. The van der Waals surface area contributed by atoms with E-state index in [4.69, 9.17) is 13.3 Å². The van der Waals surface area contributed by atoms with Gasteiger partial charge in [-0.25, -0.2) is 69.8 Å². The number of benzene rings is 12. The van der Waals surface area contributed by atoms with Gasteiger partial charge in [0.25, 0.3) is 0 Å². The molecule has 17 nitrogen and oxygen atoms in total. The monoisotopic (exact) mass is 1500 g/mol. The first kappa shape index (κ1) is 66.2. The van der Waals surface area contributed by atoms with Crippen LogP contribution in [0.15, 0.2) is 331 Å². The molecule has 524 valence electrons. The quantitative estimate of drug-likeness (QED) is 0.138. The molecule has 0 aliphatic heterocycles. The van der Waals surface area contributed by atoms with Gasteiger partial charge in [0.1, 0.15) is 76.9 Å². The highest BCUT2D eigenvalue weighted by Gasteiger charge is 2.15. The lowest BCUT2D eigenvalue weighted by atomic mass is 10.1. The normalized spacial score (nSPS) is 11.4. The van der Waals surface area contributed by atoms with Crippen LogP contribution in [0.1, 0.15) is 0 Å². The van der Waals surface area contributed by atoms with Crippen LogP contribution in [-0.4, -0.2) is 69.8 Å². The van der Waals surface area contributed by atoms with E-state index in [1.54, 1.807) is 102 Å². The van der Waals surface area contributed by atoms with Crippen LogP contribution < -0.4 is 0 Å². The van der Waals surface area contributed by atoms with Crippen molar-refractivity contribution in [3.05, 3.63) is 318 Å². The van der Waals surface area contributed by atoms with Gasteiger partial charge in [0.15, 0.2) is 11.2 Å². The van der Waals surface area contributed by atoms with Gasteiger partial charge in [0, 0.05) is 87.5 Å². The Hall–Kier alpha value is -14.2. The average molecular weight is 1510 g/mol. The molecule has 0 fully saturated rings. The molecular formula is C90H52N14O3S4. The Kier molecular flexibility index (Phi) is 17.2. The summed E-state index contributed by atoms with van der Waals surface area (Å²) in [6, 6.07) is 79.3.